The number of anilines is 2. The third kappa shape index (κ3) is 6.40. The molecule has 2 fully saturated rings. The van der Waals surface area contributed by atoms with Crippen LogP contribution in [0.5, 0.6) is 5.75 Å². The largest absolute Gasteiger partial charge is 0.497 e. The van der Waals surface area contributed by atoms with Crippen LogP contribution in [0.4, 0.5) is 11.6 Å². The highest BCUT2D eigenvalue weighted by molar-refractivity contribution is 5.68. The number of nitrogens with one attached hydrogen (secondary N) is 1. The van der Waals surface area contributed by atoms with Crippen molar-refractivity contribution in [2.45, 2.75) is 0 Å². The molecule has 0 spiro atoms. The molecule has 0 unspecified atom stereocenters. The van der Waals surface area contributed by atoms with Crippen molar-refractivity contribution in [3.05, 3.63) is 41.7 Å². The summed E-state index contributed by atoms with van der Waals surface area (Å²) in [5.74, 6) is 3.31. The molecule has 0 amide bonds. The molecule has 4 rings (SSSR count). The molecule has 2 aliphatic rings. The molecule has 1 aromatic carbocycles. The van der Waals surface area contributed by atoms with Crippen LogP contribution in [0.25, 0.3) is 12.2 Å². The lowest BCUT2D eigenvalue weighted by Gasteiger charge is -2.28. The number of nitrogens with zero attached hydrogens (tertiary/aromatic N) is 4. The van der Waals surface area contributed by atoms with E-state index >= 15 is 0 Å². The van der Waals surface area contributed by atoms with Crippen molar-refractivity contribution in [2.24, 2.45) is 0 Å². The fourth-order valence-corrected chi connectivity index (χ4v) is 3.62. The van der Waals surface area contributed by atoms with Gasteiger partial charge in [-0.3, -0.25) is 4.90 Å². The molecule has 166 valence electrons. The smallest absolute Gasteiger partial charge is 0.156 e. The molecule has 2 aromatic rings. The van der Waals surface area contributed by atoms with E-state index in [0.29, 0.717) is 5.82 Å². The summed E-state index contributed by atoms with van der Waals surface area (Å²) in [5.41, 5.74) is 1.07. The standard InChI is InChI=1S/C23H31N5O3/c1-29-20-5-2-19(3-6-20)4-7-21-25-22(24-8-9-27-10-14-30-15-11-27)18-23(26-21)28-12-16-31-17-13-28/h2-7,18H,8-17H2,1H3,(H,24,25,26). The first-order valence-corrected chi connectivity index (χ1v) is 10.9. The minimum atomic E-state index is 0.689. The summed E-state index contributed by atoms with van der Waals surface area (Å²) in [6, 6.07) is 9.97. The van der Waals surface area contributed by atoms with E-state index in [1.807, 2.05) is 42.5 Å². The van der Waals surface area contributed by atoms with Gasteiger partial charge in [0.25, 0.3) is 0 Å². The second-order valence-corrected chi connectivity index (χ2v) is 7.56. The Morgan fingerprint density at radius 3 is 2.39 bits per heavy atom. The Balaban J connectivity index is 1.47. The summed E-state index contributed by atoms with van der Waals surface area (Å²) in [5, 5.41) is 3.48. The van der Waals surface area contributed by atoms with Crippen LogP contribution in [-0.2, 0) is 9.47 Å². The number of benzene rings is 1. The Hall–Kier alpha value is -2.68. The van der Waals surface area contributed by atoms with Crippen molar-refractivity contribution in [2.75, 3.05) is 83.0 Å². The Morgan fingerprint density at radius 2 is 1.68 bits per heavy atom. The van der Waals surface area contributed by atoms with Gasteiger partial charge in [0.2, 0.25) is 0 Å². The van der Waals surface area contributed by atoms with E-state index in [4.69, 9.17) is 24.2 Å². The van der Waals surface area contributed by atoms with E-state index in [-0.39, 0.29) is 0 Å². The van der Waals surface area contributed by atoms with Crippen molar-refractivity contribution >= 4 is 23.8 Å². The van der Waals surface area contributed by atoms with Crippen LogP contribution in [0, 0.1) is 0 Å². The van der Waals surface area contributed by atoms with Gasteiger partial charge >= 0.3 is 0 Å². The molecule has 0 saturated carbocycles. The Morgan fingerprint density at radius 1 is 0.968 bits per heavy atom. The third-order valence-electron chi connectivity index (χ3n) is 5.44. The lowest BCUT2D eigenvalue weighted by molar-refractivity contribution is 0.0398. The average molecular weight is 426 g/mol. The molecule has 8 heteroatoms. The van der Waals surface area contributed by atoms with Gasteiger partial charge in [-0.1, -0.05) is 18.2 Å². The van der Waals surface area contributed by atoms with E-state index < -0.39 is 0 Å². The zero-order chi connectivity index (χ0) is 21.3. The Labute approximate surface area is 183 Å². The quantitative estimate of drug-likeness (QED) is 0.691. The van der Waals surface area contributed by atoms with Crippen molar-refractivity contribution in [3.8, 4) is 5.75 Å². The normalized spacial score (nSPS) is 17.8. The van der Waals surface area contributed by atoms with Gasteiger partial charge in [0.15, 0.2) is 5.82 Å². The van der Waals surface area contributed by atoms with Crippen LogP contribution >= 0.6 is 0 Å². The maximum atomic E-state index is 5.50. The van der Waals surface area contributed by atoms with E-state index in [2.05, 4.69) is 15.1 Å². The van der Waals surface area contributed by atoms with Crippen LogP contribution in [-0.4, -0.2) is 87.7 Å². The number of rotatable bonds is 8. The van der Waals surface area contributed by atoms with Gasteiger partial charge < -0.3 is 24.4 Å². The zero-order valence-electron chi connectivity index (χ0n) is 18.1. The summed E-state index contributed by atoms with van der Waals surface area (Å²) in [7, 11) is 1.67. The van der Waals surface area contributed by atoms with Gasteiger partial charge in [-0.2, -0.15) is 0 Å². The SMILES string of the molecule is COc1ccc(C=Cc2nc(NCCN3CCOCC3)cc(N3CCOCC3)n2)cc1. The summed E-state index contributed by atoms with van der Waals surface area (Å²) in [6.07, 6.45) is 3.98. The molecule has 0 aliphatic carbocycles. The average Bonchev–Trinajstić information content (AvgIpc) is 2.84. The minimum absolute atomic E-state index is 0.689. The maximum absolute atomic E-state index is 5.50. The summed E-state index contributed by atoms with van der Waals surface area (Å²) < 4.78 is 16.2. The van der Waals surface area contributed by atoms with Gasteiger partial charge in [0, 0.05) is 45.3 Å². The van der Waals surface area contributed by atoms with Crippen molar-refractivity contribution in [3.63, 3.8) is 0 Å². The Kier molecular flexibility index (Phi) is 7.71. The monoisotopic (exact) mass is 425 g/mol. The molecule has 1 aromatic heterocycles. The van der Waals surface area contributed by atoms with E-state index in [1.54, 1.807) is 7.11 Å². The molecule has 1 N–H and O–H groups in total. The van der Waals surface area contributed by atoms with E-state index in [0.717, 1.165) is 88.6 Å². The summed E-state index contributed by atoms with van der Waals surface area (Å²) in [4.78, 5) is 14.2. The first-order chi connectivity index (χ1) is 15.3. The maximum Gasteiger partial charge on any atom is 0.156 e. The van der Waals surface area contributed by atoms with Gasteiger partial charge in [-0.15, -0.1) is 0 Å². The van der Waals surface area contributed by atoms with Crippen molar-refractivity contribution < 1.29 is 14.2 Å². The lowest BCUT2D eigenvalue weighted by atomic mass is 10.2. The van der Waals surface area contributed by atoms with Crippen LogP contribution in [0.15, 0.2) is 30.3 Å². The van der Waals surface area contributed by atoms with E-state index in [1.165, 1.54) is 0 Å². The lowest BCUT2D eigenvalue weighted by Crippen LogP contribution is -2.39. The fraction of sp³-hybridized carbons (Fsp3) is 0.478. The molecule has 2 saturated heterocycles. The highest BCUT2D eigenvalue weighted by Gasteiger charge is 2.15. The third-order valence-corrected chi connectivity index (χ3v) is 5.44. The summed E-state index contributed by atoms with van der Waals surface area (Å²) in [6.45, 7) is 8.53. The molecule has 3 heterocycles. The number of aromatic nitrogens is 2. The molecule has 8 nitrogen and oxygen atoms in total. The van der Waals surface area contributed by atoms with Gasteiger partial charge in [0.05, 0.1) is 33.5 Å². The zero-order valence-corrected chi connectivity index (χ0v) is 18.1. The van der Waals surface area contributed by atoms with Gasteiger partial charge in [0.1, 0.15) is 17.4 Å². The second kappa shape index (κ2) is 11.1. The molecule has 2 aliphatic heterocycles. The van der Waals surface area contributed by atoms with Crippen molar-refractivity contribution in [1.29, 1.82) is 0 Å². The van der Waals surface area contributed by atoms with Crippen molar-refractivity contribution in [1.82, 2.24) is 14.9 Å². The Bertz CT molecular complexity index is 847. The minimum Gasteiger partial charge on any atom is -0.497 e. The predicted octanol–water partition coefficient (Wildman–Crippen LogP) is 2.24. The predicted molar refractivity (Wildman–Crippen MR) is 123 cm³/mol. The number of hydrogen-bond donors (Lipinski definition) is 1. The van der Waals surface area contributed by atoms with Crippen LogP contribution < -0.4 is 15.0 Å². The topological polar surface area (TPSA) is 72.0 Å². The highest BCUT2D eigenvalue weighted by Crippen LogP contribution is 2.19. The van der Waals surface area contributed by atoms with Crippen LogP contribution in [0.3, 0.4) is 0 Å². The molecule has 0 radical (unpaired) electrons. The fourth-order valence-electron chi connectivity index (χ4n) is 3.62. The van der Waals surface area contributed by atoms with Gasteiger partial charge in [-0.25, -0.2) is 9.97 Å². The first-order valence-electron chi connectivity index (χ1n) is 10.9. The highest BCUT2D eigenvalue weighted by atomic mass is 16.5. The number of morpholine rings is 2. The molecular formula is C23H31N5O3. The number of hydrogen-bond acceptors (Lipinski definition) is 8. The van der Waals surface area contributed by atoms with Crippen LogP contribution in [0.2, 0.25) is 0 Å². The van der Waals surface area contributed by atoms with Gasteiger partial charge in [-0.05, 0) is 23.8 Å². The molecular weight excluding hydrogens is 394 g/mol. The summed E-state index contributed by atoms with van der Waals surface area (Å²) >= 11 is 0. The molecule has 31 heavy (non-hydrogen) atoms. The molecule has 0 bridgehead atoms. The molecule has 0 atom stereocenters. The first kappa shape index (κ1) is 21.5. The second-order valence-electron chi connectivity index (χ2n) is 7.56. The number of methoxy groups -OCH3 is 1. The van der Waals surface area contributed by atoms with E-state index in [9.17, 15) is 0 Å². The van der Waals surface area contributed by atoms with Crippen LogP contribution in [0.1, 0.15) is 11.4 Å². The number of ether oxygens (including phenoxy) is 3.